The number of rotatable bonds is 8. The fourth-order valence-corrected chi connectivity index (χ4v) is 9.99. The zero-order valence-electron chi connectivity index (χ0n) is 30.6. The van der Waals surface area contributed by atoms with E-state index in [1.165, 1.54) is 24.5 Å². The van der Waals surface area contributed by atoms with Gasteiger partial charge in [0, 0.05) is 36.3 Å². The molecule has 1 unspecified atom stereocenters. The first kappa shape index (κ1) is 37.2. The van der Waals surface area contributed by atoms with Gasteiger partial charge in [-0.05, 0) is 76.3 Å². The van der Waals surface area contributed by atoms with E-state index in [4.69, 9.17) is 14.5 Å². The van der Waals surface area contributed by atoms with Crippen molar-refractivity contribution in [2.75, 3.05) is 20.7 Å². The van der Waals surface area contributed by atoms with E-state index in [1.54, 1.807) is 24.1 Å². The Bertz CT molecular complexity index is 2100. The Kier molecular flexibility index (Phi) is 10.0. The van der Waals surface area contributed by atoms with Gasteiger partial charge in [0.1, 0.15) is 33.6 Å². The average molecular weight is 768 g/mol. The first-order valence-electron chi connectivity index (χ1n) is 18.3. The van der Waals surface area contributed by atoms with Gasteiger partial charge in [0.15, 0.2) is 11.6 Å². The summed E-state index contributed by atoms with van der Waals surface area (Å²) >= 11 is 1.39. The number of pyridine rings is 1. The number of sulfonamides is 1. The first-order valence-corrected chi connectivity index (χ1v) is 20.7. The molecule has 3 heterocycles. The Morgan fingerprint density at radius 1 is 1.13 bits per heavy atom. The van der Waals surface area contributed by atoms with Gasteiger partial charge in [0.25, 0.3) is 5.91 Å². The number of hydrogen-bond acceptors (Lipinski definition) is 10. The quantitative estimate of drug-likeness (QED) is 0.284. The van der Waals surface area contributed by atoms with Crippen molar-refractivity contribution in [3.63, 3.8) is 0 Å². The molecule has 0 radical (unpaired) electrons. The summed E-state index contributed by atoms with van der Waals surface area (Å²) in [5.74, 6) is -3.59. The summed E-state index contributed by atoms with van der Waals surface area (Å²) in [7, 11) is -0.760. The minimum Gasteiger partial charge on any atom is -0.494 e. The van der Waals surface area contributed by atoms with Crippen molar-refractivity contribution in [1.29, 1.82) is 0 Å². The summed E-state index contributed by atoms with van der Waals surface area (Å²) in [4.78, 5) is 53.1. The summed E-state index contributed by atoms with van der Waals surface area (Å²) in [6.07, 6.45) is 5.28. The van der Waals surface area contributed by atoms with Gasteiger partial charge in [0.2, 0.25) is 21.8 Å². The second-order valence-corrected chi connectivity index (χ2v) is 18.1. The van der Waals surface area contributed by atoms with Gasteiger partial charge in [-0.15, -0.1) is 11.3 Å². The van der Waals surface area contributed by atoms with E-state index in [2.05, 4.69) is 15.0 Å². The van der Waals surface area contributed by atoms with Crippen LogP contribution in [0.3, 0.4) is 0 Å². The second kappa shape index (κ2) is 14.3. The van der Waals surface area contributed by atoms with Gasteiger partial charge < -0.3 is 19.7 Å². The van der Waals surface area contributed by atoms with Crippen molar-refractivity contribution < 1.29 is 36.7 Å². The van der Waals surface area contributed by atoms with Crippen molar-refractivity contribution in [3.05, 3.63) is 46.7 Å². The van der Waals surface area contributed by atoms with Crippen LogP contribution in [0.5, 0.6) is 11.5 Å². The SMILES string of the molecule is COc1ccc2c(O[C@@H]3C[C@H]4C(=O)N[C@]5(C(=O)NS(=O)(=O)C6CC6)CC5/C(C)=C\CCCCN(C)C(=O)[C@@H]4C3)cc(-c3nc(C(C)C)cs3)nc2c1F. The van der Waals surface area contributed by atoms with Crippen LogP contribution in [0.4, 0.5) is 4.39 Å². The van der Waals surface area contributed by atoms with Crippen LogP contribution in [0, 0.1) is 23.6 Å². The van der Waals surface area contributed by atoms with Crippen LogP contribution in [0.25, 0.3) is 21.6 Å². The van der Waals surface area contributed by atoms with Crippen LogP contribution >= 0.6 is 11.3 Å². The number of carbonyl (C=O) groups excluding carboxylic acids is 3. The Labute approximate surface area is 313 Å². The molecule has 2 N–H and O–H groups in total. The molecule has 3 fully saturated rings. The standard InChI is InChI=1S/C38H46FN5O7S2/c1-20(2)29-19-52-35(41-29)28-17-31(24-12-13-30(50-5)32(39)33(24)40-28)51-22-15-25-26(16-22)36(46)44(4)14-8-6-7-9-21(3)27-18-38(27,42-34(25)45)37(47)43-53(48,49)23-10-11-23/h9,12-13,17,19-20,22-23,25-27H,6-8,10-11,14-16,18H2,1-5H3,(H,42,45)(H,43,47)/b21-9-/t22-,25-,26-,27?,38-/m1/s1. The first-order chi connectivity index (χ1) is 25.2. The third kappa shape index (κ3) is 7.26. The van der Waals surface area contributed by atoms with Crippen molar-refractivity contribution in [2.45, 2.75) is 94.9 Å². The van der Waals surface area contributed by atoms with E-state index in [9.17, 15) is 22.8 Å². The van der Waals surface area contributed by atoms with Gasteiger partial charge in [-0.3, -0.25) is 19.1 Å². The lowest BCUT2D eigenvalue weighted by Crippen LogP contribution is -2.54. The number of halogens is 1. The molecule has 4 aliphatic rings. The highest BCUT2D eigenvalue weighted by Crippen LogP contribution is 2.50. The highest BCUT2D eigenvalue weighted by atomic mass is 32.2. The van der Waals surface area contributed by atoms with Crippen molar-refractivity contribution in [1.82, 2.24) is 24.9 Å². The number of carbonyl (C=O) groups is 3. The highest BCUT2D eigenvalue weighted by Gasteiger charge is 2.63. The predicted molar refractivity (Wildman–Crippen MR) is 198 cm³/mol. The number of hydrogen-bond donors (Lipinski definition) is 2. The number of nitrogens with zero attached hydrogens (tertiary/aromatic N) is 3. The summed E-state index contributed by atoms with van der Waals surface area (Å²) < 4.78 is 55.6. The lowest BCUT2D eigenvalue weighted by atomic mass is 9.92. The zero-order chi connectivity index (χ0) is 37.8. The minimum absolute atomic E-state index is 0.0247. The van der Waals surface area contributed by atoms with E-state index < -0.39 is 56.4 Å². The molecule has 15 heteroatoms. The molecule has 2 aromatic heterocycles. The lowest BCUT2D eigenvalue weighted by molar-refractivity contribution is -0.140. The van der Waals surface area contributed by atoms with Gasteiger partial charge in [-0.1, -0.05) is 25.5 Å². The van der Waals surface area contributed by atoms with Crippen LogP contribution in [-0.2, 0) is 24.4 Å². The van der Waals surface area contributed by atoms with Gasteiger partial charge >= 0.3 is 0 Å². The number of allylic oxidation sites excluding steroid dienone is 1. The smallest absolute Gasteiger partial charge is 0.259 e. The van der Waals surface area contributed by atoms with Crippen LogP contribution in [0.2, 0.25) is 0 Å². The normalized spacial score (nSPS) is 27.7. The minimum atomic E-state index is -3.87. The molecule has 284 valence electrons. The summed E-state index contributed by atoms with van der Waals surface area (Å²) in [5, 5.41) is 5.28. The molecular formula is C38H46FN5O7S2. The Morgan fingerprint density at radius 2 is 1.89 bits per heavy atom. The maximum atomic E-state index is 15.8. The number of ether oxygens (including phenoxy) is 2. The van der Waals surface area contributed by atoms with Crippen LogP contribution in [0.1, 0.15) is 83.7 Å². The average Bonchev–Trinajstić information content (AvgIpc) is 4.01. The second-order valence-electron chi connectivity index (χ2n) is 15.2. The lowest BCUT2D eigenvalue weighted by Gasteiger charge is -2.27. The number of fused-ring (bicyclic) bond motifs is 3. The molecule has 0 saturated heterocycles. The summed E-state index contributed by atoms with van der Waals surface area (Å²) in [6.45, 7) is 6.49. The van der Waals surface area contributed by atoms with Gasteiger partial charge in [-0.25, -0.2) is 22.8 Å². The van der Waals surface area contributed by atoms with E-state index in [0.717, 1.165) is 30.5 Å². The third-order valence-electron chi connectivity index (χ3n) is 11.1. The van der Waals surface area contributed by atoms with Gasteiger partial charge in [-0.2, -0.15) is 0 Å². The molecule has 3 aromatic rings. The molecule has 0 spiro atoms. The molecule has 1 aliphatic heterocycles. The number of nitrogens with one attached hydrogen (secondary N) is 2. The number of amides is 3. The Morgan fingerprint density at radius 3 is 2.58 bits per heavy atom. The maximum absolute atomic E-state index is 15.8. The Hall–Kier alpha value is -4.11. The summed E-state index contributed by atoms with van der Waals surface area (Å²) in [6, 6.07) is 4.89. The molecule has 5 atom stereocenters. The Balaban J connectivity index is 1.22. The topological polar surface area (TPSA) is 157 Å². The molecule has 1 aromatic carbocycles. The van der Waals surface area contributed by atoms with E-state index >= 15 is 4.39 Å². The fourth-order valence-electron chi connectivity index (χ4n) is 7.68. The summed E-state index contributed by atoms with van der Waals surface area (Å²) in [5.41, 5.74) is 0.808. The van der Waals surface area contributed by atoms with Crippen LogP contribution in [0.15, 0.2) is 35.2 Å². The molecular weight excluding hydrogens is 722 g/mol. The van der Waals surface area contributed by atoms with E-state index in [-0.39, 0.29) is 48.3 Å². The largest absolute Gasteiger partial charge is 0.494 e. The fraction of sp³-hybridized carbons (Fsp3) is 0.553. The molecule has 7 rings (SSSR count). The monoisotopic (exact) mass is 767 g/mol. The number of aromatic nitrogens is 2. The molecule has 3 amide bonds. The van der Waals surface area contributed by atoms with Crippen molar-refractivity contribution in [3.8, 4) is 22.2 Å². The zero-order valence-corrected chi connectivity index (χ0v) is 32.2. The number of thiazole rings is 1. The predicted octanol–water partition coefficient (Wildman–Crippen LogP) is 5.47. The van der Waals surface area contributed by atoms with Crippen LogP contribution in [-0.4, -0.2) is 78.6 Å². The molecule has 12 nitrogen and oxygen atoms in total. The van der Waals surface area contributed by atoms with E-state index in [0.29, 0.717) is 41.2 Å². The third-order valence-corrected chi connectivity index (χ3v) is 13.8. The highest BCUT2D eigenvalue weighted by molar-refractivity contribution is 7.91. The molecule has 53 heavy (non-hydrogen) atoms. The van der Waals surface area contributed by atoms with E-state index in [1.807, 2.05) is 32.2 Å². The molecule has 3 aliphatic carbocycles. The maximum Gasteiger partial charge on any atom is 0.259 e. The number of benzene rings is 1. The molecule has 0 bridgehead atoms. The van der Waals surface area contributed by atoms with Crippen molar-refractivity contribution >= 4 is 50.0 Å². The number of methoxy groups -OCH3 is 1. The van der Waals surface area contributed by atoms with Crippen molar-refractivity contribution in [2.24, 2.45) is 17.8 Å². The molecule has 3 saturated carbocycles. The van der Waals surface area contributed by atoms with Crippen LogP contribution < -0.4 is 19.5 Å². The van der Waals surface area contributed by atoms with Gasteiger partial charge in [0.05, 0.1) is 29.9 Å².